The van der Waals surface area contributed by atoms with Crippen molar-refractivity contribution in [3.05, 3.63) is 17.7 Å². The van der Waals surface area contributed by atoms with E-state index in [2.05, 4.69) is 0 Å². The quantitative estimate of drug-likeness (QED) is 0.764. The molecule has 1 aliphatic rings. The topological polar surface area (TPSA) is 92.9 Å². The number of aryl methyl sites for hydroxylation is 1. The zero-order valence-electron chi connectivity index (χ0n) is 12.2. The molecule has 1 heterocycles. The van der Waals surface area contributed by atoms with Crippen LogP contribution in [0.25, 0.3) is 0 Å². The van der Waals surface area contributed by atoms with Crippen molar-refractivity contribution in [2.45, 2.75) is 31.1 Å². The number of hydrogen-bond donors (Lipinski definition) is 2. The van der Waals surface area contributed by atoms with Gasteiger partial charge in [-0.05, 0) is 37.0 Å². The van der Waals surface area contributed by atoms with Crippen LogP contribution in [0.4, 0.5) is 5.69 Å². The van der Waals surface area contributed by atoms with Crippen molar-refractivity contribution in [1.82, 2.24) is 4.31 Å². The average Bonchev–Trinajstić information content (AvgIpc) is 2.46. The molecule has 21 heavy (non-hydrogen) atoms. The number of sulfonamides is 1. The molecule has 0 radical (unpaired) electrons. The summed E-state index contributed by atoms with van der Waals surface area (Å²) in [5.41, 5.74) is 7.11. The molecular weight excluding hydrogens is 292 g/mol. The first kappa shape index (κ1) is 16.1. The van der Waals surface area contributed by atoms with Crippen LogP contribution in [0.1, 0.15) is 25.3 Å². The smallest absolute Gasteiger partial charge is 0.246 e. The fourth-order valence-corrected chi connectivity index (χ4v) is 4.19. The van der Waals surface area contributed by atoms with Gasteiger partial charge in [-0.1, -0.05) is 6.92 Å². The minimum atomic E-state index is -3.67. The van der Waals surface area contributed by atoms with E-state index in [1.165, 1.54) is 10.4 Å². The van der Waals surface area contributed by atoms with Crippen LogP contribution in [-0.2, 0) is 16.4 Å². The Kier molecular flexibility index (Phi) is 5.08. The molecule has 6 nitrogen and oxygen atoms in total. The summed E-state index contributed by atoms with van der Waals surface area (Å²) in [4.78, 5) is 0.136. The number of nitrogens with two attached hydrogens (primary N) is 1. The lowest BCUT2D eigenvalue weighted by Gasteiger charge is -2.25. The van der Waals surface area contributed by atoms with Crippen LogP contribution >= 0.6 is 0 Å². The molecule has 0 unspecified atom stereocenters. The maximum absolute atomic E-state index is 12.8. The molecule has 0 spiro atoms. The lowest BCUT2D eigenvalue weighted by Crippen LogP contribution is -2.33. The molecule has 1 aliphatic heterocycles. The first-order valence-corrected chi connectivity index (χ1v) is 8.61. The summed E-state index contributed by atoms with van der Waals surface area (Å²) >= 11 is 0. The molecule has 0 aromatic heterocycles. The molecule has 2 rings (SSSR count). The number of nitrogens with zero attached hydrogens (tertiary/aromatic N) is 1. The third-order valence-electron chi connectivity index (χ3n) is 3.53. The minimum absolute atomic E-state index is 0.0441. The van der Waals surface area contributed by atoms with Crippen molar-refractivity contribution in [3.63, 3.8) is 0 Å². The predicted molar refractivity (Wildman–Crippen MR) is 80.8 cm³/mol. The molecule has 0 atom stereocenters. The number of fused-ring (bicyclic) bond motifs is 1. The fraction of sp³-hybridized carbons (Fsp3) is 0.571. The van der Waals surface area contributed by atoms with Gasteiger partial charge in [0.15, 0.2) is 0 Å². The highest BCUT2D eigenvalue weighted by Gasteiger charge is 2.29. The van der Waals surface area contributed by atoms with Crippen LogP contribution < -0.4 is 10.5 Å². The number of anilines is 1. The molecule has 0 saturated carbocycles. The number of benzene rings is 1. The molecular formula is C14H22N2O4S. The number of hydrogen-bond acceptors (Lipinski definition) is 5. The van der Waals surface area contributed by atoms with Gasteiger partial charge in [0, 0.05) is 25.4 Å². The molecule has 7 heteroatoms. The van der Waals surface area contributed by atoms with E-state index in [9.17, 15) is 8.42 Å². The normalized spacial score (nSPS) is 14.8. The van der Waals surface area contributed by atoms with Gasteiger partial charge in [0.25, 0.3) is 0 Å². The Bertz CT molecular complexity index is 601. The Morgan fingerprint density at radius 1 is 1.43 bits per heavy atom. The second-order valence-corrected chi connectivity index (χ2v) is 6.94. The van der Waals surface area contributed by atoms with Crippen molar-refractivity contribution in [3.8, 4) is 5.75 Å². The number of nitrogen functional groups attached to an aromatic ring is 1. The molecule has 1 aromatic rings. The van der Waals surface area contributed by atoms with Crippen LogP contribution in [-0.4, -0.2) is 44.1 Å². The van der Waals surface area contributed by atoms with Gasteiger partial charge in [0.05, 0.1) is 6.61 Å². The number of ether oxygens (including phenoxy) is 1. The van der Waals surface area contributed by atoms with Gasteiger partial charge >= 0.3 is 0 Å². The number of rotatable bonds is 6. The highest BCUT2D eigenvalue weighted by atomic mass is 32.2. The minimum Gasteiger partial charge on any atom is -0.492 e. The Morgan fingerprint density at radius 2 is 2.19 bits per heavy atom. The summed E-state index contributed by atoms with van der Waals surface area (Å²) in [6, 6.07) is 3.23. The molecule has 3 N–H and O–H groups in total. The Hall–Kier alpha value is -1.31. The second-order valence-electron chi connectivity index (χ2n) is 5.03. The van der Waals surface area contributed by atoms with Crippen molar-refractivity contribution >= 4 is 15.7 Å². The fourth-order valence-electron chi connectivity index (χ4n) is 2.50. The molecule has 118 valence electrons. The third-order valence-corrected chi connectivity index (χ3v) is 5.51. The summed E-state index contributed by atoms with van der Waals surface area (Å²) in [6.45, 7) is 2.86. The second kappa shape index (κ2) is 6.64. The van der Waals surface area contributed by atoms with Gasteiger partial charge in [-0.3, -0.25) is 0 Å². The van der Waals surface area contributed by atoms with Gasteiger partial charge in [-0.2, -0.15) is 4.31 Å². The van der Waals surface area contributed by atoms with E-state index in [-0.39, 0.29) is 18.0 Å². The van der Waals surface area contributed by atoms with Crippen LogP contribution in [0.3, 0.4) is 0 Å². The molecule has 0 saturated heterocycles. The van der Waals surface area contributed by atoms with Gasteiger partial charge in [-0.15, -0.1) is 0 Å². The highest BCUT2D eigenvalue weighted by Crippen LogP contribution is 2.36. The Labute approximate surface area is 125 Å². The molecule has 0 bridgehead atoms. The van der Waals surface area contributed by atoms with Crippen molar-refractivity contribution in [2.75, 3.05) is 32.0 Å². The SMILES string of the molecule is CCN(CCCO)S(=O)(=O)c1cc(N)cc2c1OCCC2. The summed E-state index contributed by atoms with van der Waals surface area (Å²) < 4.78 is 32.5. The molecule has 0 amide bonds. The number of aliphatic hydroxyl groups excluding tert-OH is 1. The summed E-state index contributed by atoms with van der Waals surface area (Å²) in [7, 11) is -3.67. The lowest BCUT2D eigenvalue weighted by atomic mass is 10.1. The van der Waals surface area contributed by atoms with Crippen molar-refractivity contribution in [2.24, 2.45) is 0 Å². The number of aliphatic hydroxyl groups is 1. The van der Waals surface area contributed by atoms with E-state index in [1.54, 1.807) is 13.0 Å². The molecule has 1 aromatic carbocycles. The summed E-state index contributed by atoms with van der Waals surface area (Å²) in [5.74, 6) is 0.429. The van der Waals surface area contributed by atoms with E-state index >= 15 is 0 Å². The monoisotopic (exact) mass is 314 g/mol. The average molecular weight is 314 g/mol. The van der Waals surface area contributed by atoms with E-state index in [4.69, 9.17) is 15.6 Å². The Balaban J connectivity index is 2.46. The van der Waals surface area contributed by atoms with Crippen LogP contribution in [0.15, 0.2) is 17.0 Å². The largest absolute Gasteiger partial charge is 0.492 e. The maximum Gasteiger partial charge on any atom is 0.246 e. The first-order chi connectivity index (χ1) is 10.0. The van der Waals surface area contributed by atoms with Gasteiger partial charge in [0.2, 0.25) is 10.0 Å². The molecule has 0 aliphatic carbocycles. The zero-order valence-corrected chi connectivity index (χ0v) is 13.0. The van der Waals surface area contributed by atoms with E-state index in [0.29, 0.717) is 31.0 Å². The van der Waals surface area contributed by atoms with Gasteiger partial charge < -0.3 is 15.6 Å². The Morgan fingerprint density at radius 3 is 2.86 bits per heavy atom. The van der Waals surface area contributed by atoms with Gasteiger partial charge in [0.1, 0.15) is 10.6 Å². The molecule has 0 fully saturated rings. The predicted octanol–water partition coefficient (Wildman–Crippen LogP) is 0.987. The van der Waals surface area contributed by atoms with Crippen molar-refractivity contribution in [1.29, 1.82) is 0 Å². The lowest BCUT2D eigenvalue weighted by molar-refractivity contribution is 0.268. The summed E-state index contributed by atoms with van der Waals surface area (Å²) in [6.07, 6.45) is 2.03. The highest BCUT2D eigenvalue weighted by molar-refractivity contribution is 7.89. The zero-order chi connectivity index (χ0) is 15.5. The maximum atomic E-state index is 12.8. The van der Waals surface area contributed by atoms with Gasteiger partial charge in [-0.25, -0.2) is 8.42 Å². The van der Waals surface area contributed by atoms with E-state index in [0.717, 1.165) is 18.4 Å². The summed E-state index contributed by atoms with van der Waals surface area (Å²) in [5, 5.41) is 8.92. The van der Waals surface area contributed by atoms with E-state index < -0.39 is 10.0 Å². The van der Waals surface area contributed by atoms with E-state index in [1.807, 2.05) is 0 Å². The van der Waals surface area contributed by atoms with Crippen molar-refractivity contribution < 1.29 is 18.3 Å². The standard InChI is InChI=1S/C14H22N2O4S/c1-2-16(6-4-7-17)21(18,19)13-10-12(15)9-11-5-3-8-20-14(11)13/h9-10,17H,2-8,15H2,1H3. The van der Waals surface area contributed by atoms with Crippen LogP contribution in [0.5, 0.6) is 5.75 Å². The van der Waals surface area contributed by atoms with Crippen LogP contribution in [0.2, 0.25) is 0 Å². The third kappa shape index (κ3) is 3.30. The first-order valence-electron chi connectivity index (χ1n) is 7.17. The van der Waals surface area contributed by atoms with Crippen LogP contribution in [0, 0.1) is 0 Å².